The van der Waals surface area contributed by atoms with Crippen molar-refractivity contribution in [2.45, 2.75) is 25.7 Å². The quantitative estimate of drug-likeness (QED) is 0.891. The standard InChI is InChI=1S/C14H18O4/c1-13(2)8-14(13,12(15)16)9-5-10(17-3)7-11(6-9)18-4/h5-7H,8H2,1-4H3,(H,15,16). The Hall–Kier alpha value is -1.71. The fraction of sp³-hybridized carbons (Fsp3) is 0.500. The molecule has 1 saturated carbocycles. The third kappa shape index (κ3) is 1.64. The Kier molecular flexibility index (Phi) is 2.76. The van der Waals surface area contributed by atoms with Crippen molar-refractivity contribution >= 4 is 5.97 Å². The maximum absolute atomic E-state index is 11.6. The van der Waals surface area contributed by atoms with E-state index >= 15 is 0 Å². The highest BCUT2D eigenvalue weighted by atomic mass is 16.5. The molecule has 0 aliphatic heterocycles. The van der Waals surface area contributed by atoms with E-state index in [0.717, 1.165) is 5.56 Å². The molecule has 1 N–H and O–H groups in total. The van der Waals surface area contributed by atoms with Crippen molar-refractivity contribution in [2.24, 2.45) is 5.41 Å². The van der Waals surface area contributed by atoms with Crippen molar-refractivity contribution in [3.05, 3.63) is 23.8 Å². The van der Waals surface area contributed by atoms with Gasteiger partial charge in [0.15, 0.2) is 0 Å². The van der Waals surface area contributed by atoms with E-state index in [4.69, 9.17) is 9.47 Å². The van der Waals surface area contributed by atoms with Crippen molar-refractivity contribution < 1.29 is 19.4 Å². The molecular weight excluding hydrogens is 232 g/mol. The lowest BCUT2D eigenvalue weighted by Gasteiger charge is -2.18. The first-order valence-corrected chi connectivity index (χ1v) is 5.84. The highest BCUT2D eigenvalue weighted by Gasteiger charge is 2.67. The summed E-state index contributed by atoms with van der Waals surface area (Å²) in [5.41, 5.74) is -0.318. The van der Waals surface area contributed by atoms with Gasteiger partial charge in [0.05, 0.1) is 19.6 Å². The normalized spacial score (nSPS) is 24.4. The van der Waals surface area contributed by atoms with Gasteiger partial charge >= 0.3 is 5.97 Å². The number of benzene rings is 1. The van der Waals surface area contributed by atoms with Gasteiger partial charge in [-0.05, 0) is 29.5 Å². The molecule has 98 valence electrons. The molecule has 1 atom stereocenters. The first kappa shape index (κ1) is 12.7. The largest absolute Gasteiger partial charge is 0.497 e. The van der Waals surface area contributed by atoms with Crippen molar-refractivity contribution in [3.8, 4) is 11.5 Å². The first-order valence-electron chi connectivity index (χ1n) is 5.84. The minimum atomic E-state index is -0.825. The molecule has 18 heavy (non-hydrogen) atoms. The van der Waals surface area contributed by atoms with E-state index < -0.39 is 11.4 Å². The van der Waals surface area contributed by atoms with Gasteiger partial charge in [-0.2, -0.15) is 0 Å². The number of carboxylic acid groups (broad SMARTS) is 1. The van der Waals surface area contributed by atoms with E-state index in [0.29, 0.717) is 17.9 Å². The molecule has 0 saturated heterocycles. The third-order valence-electron chi connectivity index (χ3n) is 3.95. The van der Waals surface area contributed by atoms with Gasteiger partial charge < -0.3 is 14.6 Å². The Labute approximate surface area is 107 Å². The van der Waals surface area contributed by atoms with Gasteiger partial charge in [0.1, 0.15) is 11.5 Å². The van der Waals surface area contributed by atoms with Crippen LogP contribution in [0, 0.1) is 5.41 Å². The number of rotatable bonds is 4. The molecular formula is C14H18O4. The van der Waals surface area contributed by atoms with E-state index in [9.17, 15) is 9.90 Å². The van der Waals surface area contributed by atoms with Crippen LogP contribution in [0.4, 0.5) is 0 Å². The molecule has 0 bridgehead atoms. The zero-order valence-corrected chi connectivity index (χ0v) is 11.1. The smallest absolute Gasteiger partial charge is 0.314 e. The minimum absolute atomic E-state index is 0.240. The molecule has 2 rings (SSSR count). The van der Waals surface area contributed by atoms with Crippen molar-refractivity contribution in [1.82, 2.24) is 0 Å². The van der Waals surface area contributed by atoms with Crippen molar-refractivity contribution in [3.63, 3.8) is 0 Å². The number of carboxylic acids is 1. The number of ether oxygens (including phenoxy) is 2. The van der Waals surface area contributed by atoms with Crippen LogP contribution in [0.3, 0.4) is 0 Å². The lowest BCUT2D eigenvalue weighted by Crippen LogP contribution is -2.25. The van der Waals surface area contributed by atoms with Crippen LogP contribution < -0.4 is 9.47 Å². The van der Waals surface area contributed by atoms with E-state index in [2.05, 4.69) is 0 Å². The van der Waals surface area contributed by atoms with Crippen LogP contribution in [0.15, 0.2) is 18.2 Å². The van der Waals surface area contributed by atoms with Gasteiger partial charge in [-0.25, -0.2) is 0 Å². The van der Waals surface area contributed by atoms with E-state index in [1.165, 1.54) is 0 Å². The van der Waals surface area contributed by atoms with Gasteiger partial charge in [-0.3, -0.25) is 4.79 Å². The third-order valence-corrected chi connectivity index (χ3v) is 3.95. The molecule has 0 radical (unpaired) electrons. The molecule has 1 aliphatic rings. The second-order valence-corrected chi connectivity index (χ2v) is 5.37. The lowest BCUT2D eigenvalue weighted by molar-refractivity contribution is -0.141. The molecule has 1 fully saturated rings. The number of hydrogen-bond donors (Lipinski definition) is 1. The highest BCUT2D eigenvalue weighted by Crippen LogP contribution is 2.65. The Morgan fingerprint density at radius 1 is 1.17 bits per heavy atom. The summed E-state index contributed by atoms with van der Waals surface area (Å²) < 4.78 is 10.4. The topological polar surface area (TPSA) is 55.8 Å². The van der Waals surface area contributed by atoms with Gasteiger partial charge in [0.2, 0.25) is 0 Å². The van der Waals surface area contributed by atoms with Gasteiger partial charge in [-0.1, -0.05) is 13.8 Å². The molecule has 1 aromatic rings. The second-order valence-electron chi connectivity index (χ2n) is 5.37. The Bertz CT molecular complexity index is 470. The van der Waals surface area contributed by atoms with Gasteiger partial charge in [0, 0.05) is 6.07 Å². The predicted molar refractivity (Wildman–Crippen MR) is 67.3 cm³/mol. The van der Waals surface area contributed by atoms with E-state index in [1.807, 2.05) is 13.8 Å². The van der Waals surface area contributed by atoms with Crippen LogP contribution in [0.25, 0.3) is 0 Å². The highest BCUT2D eigenvalue weighted by molar-refractivity contribution is 5.87. The Balaban J connectivity index is 2.54. The number of methoxy groups -OCH3 is 2. The maximum atomic E-state index is 11.6. The molecule has 1 aromatic carbocycles. The summed E-state index contributed by atoms with van der Waals surface area (Å²) in [6.07, 6.45) is 0.631. The summed E-state index contributed by atoms with van der Waals surface area (Å²) >= 11 is 0. The van der Waals surface area contributed by atoms with Crippen LogP contribution in [-0.2, 0) is 10.2 Å². The van der Waals surface area contributed by atoms with E-state index in [-0.39, 0.29) is 5.41 Å². The van der Waals surface area contributed by atoms with Crippen molar-refractivity contribution in [1.29, 1.82) is 0 Å². The molecule has 0 spiro atoms. The average Bonchev–Trinajstić information content (AvgIpc) is 2.93. The van der Waals surface area contributed by atoms with Gasteiger partial charge in [0.25, 0.3) is 0 Å². The van der Waals surface area contributed by atoms with Crippen LogP contribution in [-0.4, -0.2) is 25.3 Å². The predicted octanol–water partition coefficient (Wildman–Crippen LogP) is 2.46. The maximum Gasteiger partial charge on any atom is 0.314 e. The molecule has 1 unspecified atom stereocenters. The molecule has 0 aromatic heterocycles. The lowest BCUT2D eigenvalue weighted by atomic mass is 9.87. The average molecular weight is 250 g/mol. The zero-order valence-electron chi connectivity index (χ0n) is 11.1. The number of aliphatic carboxylic acids is 1. The molecule has 0 heterocycles. The molecule has 4 heteroatoms. The first-order chi connectivity index (χ1) is 8.37. The monoisotopic (exact) mass is 250 g/mol. The number of carbonyl (C=O) groups is 1. The number of hydrogen-bond acceptors (Lipinski definition) is 3. The Morgan fingerprint density at radius 2 is 1.61 bits per heavy atom. The zero-order chi connectivity index (χ0) is 13.6. The van der Waals surface area contributed by atoms with Crippen LogP contribution >= 0.6 is 0 Å². The molecule has 1 aliphatic carbocycles. The summed E-state index contributed by atoms with van der Waals surface area (Å²) in [5, 5.41) is 9.54. The minimum Gasteiger partial charge on any atom is -0.497 e. The summed E-state index contributed by atoms with van der Waals surface area (Å²) in [7, 11) is 3.12. The summed E-state index contributed by atoms with van der Waals surface area (Å²) in [6.45, 7) is 3.93. The summed E-state index contributed by atoms with van der Waals surface area (Å²) in [4.78, 5) is 11.6. The molecule has 4 nitrogen and oxygen atoms in total. The van der Waals surface area contributed by atoms with Gasteiger partial charge in [-0.15, -0.1) is 0 Å². The second kappa shape index (κ2) is 3.90. The van der Waals surface area contributed by atoms with E-state index in [1.54, 1.807) is 32.4 Å². The van der Waals surface area contributed by atoms with Crippen molar-refractivity contribution in [2.75, 3.05) is 14.2 Å². The summed E-state index contributed by atoms with van der Waals surface area (Å²) in [5.74, 6) is 0.447. The SMILES string of the molecule is COc1cc(OC)cc(C2(C(=O)O)CC2(C)C)c1. The van der Waals surface area contributed by atoms with Crippen LogP contribution in [0.5, 0.6) is 11.5 Å². The fourth-order valence-corrected chi connectivity index (χ4v) is 2.65. The molecule has 0 amide bonds. The summed E-state index contributed by atoms with van der Waals surface area (Å²) in [6, 6.07) is 5.31. The Morgan fingerprint density at radius 3 is 1.89 bits per heavy atom. The van der Waals surface area contributed by atoms with Crippen LogP contribution in [0.2, 0.25) is 0 Å². The van der Waals surface area contributed by atoms with Crippen LogP contribution in [0.1, 0.15) is 25.8 Å². The fourth-order valence-electron chi connectivity index (χ4n) is 2.65.